The van der Waals surface area contributed by atoms with Crippen molar-refractivity contribution in [1.29, 1.82) is 0 Å². The third-order valence-corrected chi connectivity index (χ3v) is 4.62. The first-order valence-electron chi connectivity index (χ1n) is 7.48. The Morgan fingerprint density at radius 2 is 2.00 bits per heavy atom. The molecule has 5 nitrogen and oxygen atoms in total. The number of anilines is 2. The molecule has 2 heterocycles. The van der Waals surface area contributed by atoms with Crippen molar-refractivity contribution in [2.75, 3.05) is 43.0 Å². The fourth-order valence-corrected chi connectivity index (χ4v) is 3.26. The van der Waals surface area contributed by atoms with Crippen LogP contribution in [0.2, 0.25) is 0 Å². The second-order valence-electron chi connectivity index (χ2n) is 5.82. The molecule has 0 N–H and O–H groups in total. The van der Waals surface area contributed by atoms with Crippen molar-refractivity contribution >= 4 is 23.1 Å². The van der Waals surface area contributed by atoms with Gasteiger partial charge in [-0.2, -0.15) is 0 Å². The molecule has 1 atom stereocenters. The molecule has 0 spiro atoms. The third kappa shape index (κ3) is 2.21. The molecule has 0 saturated carbocycles. The molecule has 1 unspecified atom stereocenters. The first-order chi connectivity index (χ1) is 10.0. The minimum absolute atomic E-state index is 0.400. The highest BCUT2D eigenvalue weighted by molar-refractivity contribution is 6.52. The van der Waals surface area contributed by atoms with Crippen LogP contribution in [0.25, 0.3) is 0 Å². The Bertz CT molecular complexity index is 599. The van der Waals surface area contributed by atoms with E-state index in [-0.39, 0.29) is 0 Å². The van der Waals surface area contributed by atoms with Gasteiger partial charge in [-0.3, -0.25) is 14.5 Å². The predicted molar refractivity (Wildman–Crippen MR) is 83.1 cm³/mol. The Kier molecular flexibility index (Phi) is 3.45. The molecule has 3 rings (SSSR count). The second kappa shape index (κ2) is 5.15. The zero-order valence-electron chi connectivity index (χ0n) is 12.8. The number of carbonyl (C=O) groups excluding carboxylic acids is 2. The summed E-state index contributed by atoms with van der Waals surface area (Å²) in [5.74, 6) is -0.838. The number of fused-ring (bicyclic) bond motifs is 1. The van der Waals surface area contributed by atoms with Crippen LogP contribution in [0.5, 0.6) is 0 Å². The lowest BCUT2D eigenvalue weighted by Crippen LogP contribution is -2.51. The zero-order valence-corrected chi connectivity index (χ0v) is 12.8. The maximum atomic E-state index is 11.8. The Labute approximate surface area is 125 Å². The zero-order chi connectivity index (χ0) is 15.1. The van der Waals surface area contributed by atoms with E-state index in [4.69, 9.17) is 0 Å². The van der Waals surface area contributed by atoms with Crippen LogP contribution in [0.4, 0.5) is 11.4 Å². The molecule has 0 radical (unpaired) electrons. The van der Waals surface area contributed by atoms with Gasteiger partial charge in [-0.15, -0.1) is 0 Å². The maximum absolute atomic E-state index is 11.8. The summed E-state index contributed by atoms with van der Waals surface area (Å²) in [4.78, 5) is 29.8. The van der Waals surface area contributed by atoms with Gasteiger partial charge in [0.2, 0.25) is 0 Å². The van der Waals surface area contributed by atoms with E-state index >= 15 is 0 Å². The number of ketones is 1. The number of hydrogen-bond acceptors (Lipinski definition) is 4. The molecular weight excluding hydrogens is 266 g/mol. The molecule has 21 heavy (non-hydrogen) atoms. The lowest BCUT2D eigenvalue weighted by Gasteiger charge is -2.40. The molecular formula is C16H21N3O2. The van der Waals surface area contributed by atoms with Crippen LogP contribution in [0.15, 0.2) is 18.2 Å². The largest absolute Gasteiger partial charge is 0.369 e. The molecule has 1 saturated heterocycles. The van der Waals surface area contributed by atoms with Gasteiger partial charge in [0.05, 0.1) is 11.3 Å². The molecule has 1 fully saturated rings. The van der Waals surface area contributed by atoms with Crippen molar-refractivity contribution in [2.24, 2.45) is 0 Å². The molecule has 2 aliphatic rings. The van der Waals surface area contributed by atoms with Crippen LogP contribution in [0, 0.1) is 0 Å². The van der Waals surface area contributed by atoms with Crippen LogP contribution in [0.3, 0.4) is 0 Å². The van der Waals surface area contributed by atoms with Gasteiger partial charge in [-0.1, -0.05) is 6.92 Å². The molecule has 112 valence electrons. The van der Waals surface area contributed by atoms with Crippen LogP contribution >= 0.6 is 0 Å². The van der Waals surface area contributed by atoms with E-state index in [2.05, 4.69) is 23.6 Å². The number of Topliss-reactive ketones (excluding diaryl/α,β-unsaturated/α-hetero) is 1. The second-order valence-corrected chi connectivity index (χ2v) is 5.82. The first-order valence-corrected chi connectivity index (χ1v) is 7.48. The van der Waals surface area contributed by atoms with Gasteiger partial charge < -0.3 is 9.80 Å². The summed E-state index contributed by atoms with van der Waals surface area (Å²) in [6.45, 7) is 8.49. The van der Waals surface area contributed by atoms with Crippen molar-refractivity contribution in [3.05, 3.63) is 23.8 Å². The van der Waals surface area contributed by atoms with Crippen LogP contribution in [-0.2, 0) is 4.79 Å². The molecule has 1 amide bonds. The first kappa shape index (κ1) is 14.1. The summed E-state index contributed by atoms with van der Waals surface area (Å²) < 4.78 is 0. The number of benzene rings is 1. The molecule has 0 bridgehead atoms. The van der Waals surface area contributed by atoms with Gasteiger partial charge in [-0.05, 0) is 31.7 Å². The van der Waals surface area contributed by atoms with E-state index in [0.717, 1.165) is 37.6 Å². The van der Waals surface area contributed by atoms with Gasteiger partial charge in [0.25, 0.3) is 11.7 Å². The van der Waals surface area contributed by atoms with Crippen LogP contribution < -0.4 is 9.80 Å². The number of nitrogens with zero attached hydrogens (tertiary/aromatic N) is 3. The summed E-state index contributed by atoms with van der Waals surface area (Å²) in [7, 11) is 1.66. The molecule has 0 aliphatic carbocycles. The Morgan fingerprint density at radius 3 is 2.67 bits per heavy atom. The normalized spacial score (nSPS) is 22.9. The van der Waals surface area contributed by atoms with Crippen molar-refractivity contribution in [3.63, 3.8) is 0 Å². The standard InChI is InChI=1S/C16H21N3O2/c1-4-18-7-8-19(10-11(18)2)12-5-6-13-14(9-12)17(3)16(21)15(13)20/h5-6,9,11H,4,7-8,10H2,1-3H3. The van der Waals surface area contributed by atoms with Gasteiger partial charge in [0.1, 0.15) is 0 Å². The average Bonchev–Trinajstić information content (AvgIpc) is 2.71. The summed E-state index contributed by atoms with van der Waals surface area (Å²) in [5, 5.41) is 0. The van der Waals surface area contributed by atoms with Crippen molar-refractivity contribution < 1.29 is 9.59 Å². The number of carbonyl (C=O) groups is 2. The van der Waals surface area contributed by atoms with E-state index in [1.165, 1.54) is 4.90 Å². The van der Waals surface area contributed by atoms with Crippen molar-refractivity contribution in [1.82, 2.24) is 4.90 Å². The summed E-state index contributed by atoms with van der Waals surface area (Å²) >= 11 is 0. The van der Waals surface area contributed by atoms with E-state index in [9.17, 15) is 9.59 Å². The SMILES string of the molecule is CCN1CCN(c2ccc3c(c2)N(C)C(=O)C3=O)CC1C. The van der Waals surface area contributed by atoms with E-state index < -0.39 is 11.7 Å². The lowest BCUT2D eigenvalue weighted by molar-refractivity contribution is -0.114. The number of piperazine rings is 1. The summed E-state index contributed by atoms with van der Waals surface area (Å²) in [6.07, 6.45) is 0. The summed E-state index contributed by atoms with van der Waals surface area (Å²) in [5.41, 5.74) is 2.34. The smallest absolute Gasteiger partial charge is 0.299 e. The quantitative estimate of drug-likeness (QED) is 0.771. The Balaban J connectivity index is 1.86. The number of likely N-dealkylation sites (N-methyl/N-ethyl adjacent to an activating group) is 2. The number of hydrogen-bond donors (Lipinski definition) is 0. The van der Waals surface area contributed by atoms with E-state index in [1.54, 1.807) is 13.1 Å². The van der Waals surface area contributed by atoms with E-state index in [1.807, 2.05) is 12.1 Å². The maximum Gasteiger partial charge on any atom is 0.299 e. The fourth-order valence-electron chi connectivity index (χ4n) is 3.26. The number of rotatable bonds is 2. The molecule has 5 heteroatoms. The monoisotopic (exact) mass is 287 g/mol. The fraction of sp³-hybridized carbons (Fsp3) is 0.500. The highest BCUT2D eigenvalue weighted by Gasteiger charge is 2.34. The Morgan fingerprint density at radius 1 is 1.24 bits per heavy atom. The summed E-state index contributed by atoms with van der Waals surface area (Å²) in [6, 6.07) is 6.22. The highest BCUT2D eigenvalue weighted by Crippen LogP contribution is 2.32. The van der Waals surface area contributed by atoms with E-state index in [0.29, 0.717) is 11.6 Å². The molecule has 1 aromatic rings. The van der Waals surface area contributed by atoms with Crippen LogP contribution in [0.1, 0.15) is 24.2 Å². The predicted octanol–water partition coefficient (Wildman–Crippen LogP) is 1.38. The third-order valence-electron chi connectivity index (χ3n) is 4.62. The molecule has 0 aromatic heterocycles. The van der Waals surface area contributed by atoms with Crippen molar-refractivity contribution in [2.45, 2.75) is 19.9 Å². The van der Waals surface area contributed by atoms with Crippen LogP contribution in [-0.4, -0.2) is 55.9 Å². The minimum atomic E-state index is -0.439. The number of amides is 1. The minimum Gasteiger partial charge on any atom is -0.369 e. The highest BCUT2D eigenvalue weighted by atomic mass is 16.2. The molecule has 1 aromatic carbocycles. The lowest BCUT2D eigenvalue weighted by atomic mass is 10.1. The van der Waals surface area contributed by atoms with Crippen molar-refractivity contribution in [3.8, 4) is 0 Å². The average molecular weight is 287 g/mol. The topological polar surface area (TPSA) is 43.9 Å². The van der Waals surface area contributed by atoms with Gasteiger partial charge in [0.15, 0.2) is 0 Å². The Hall–Kier alpha value is -1.88. The van der Waals surface area contributed by atoms with Gasteiger partial charge in [-0.25, -0.2) is 0 Å². The van der Waals surface area contributed by atoms with Gasteiger partial charge in [0, 0.05) is 38.4 Å². The molecule has 2 aliphatic heterocycles. The van der Waals surface area contributed by atoms with Gasteiger partial charge >= 0.3 is 0 Å².